The quantitative estimate of drug-likeness (QED) is 0.747. The summed E-state index contributed by atoms with van der Waals surface area (Å²) in [7, 11) is 0. The lowest BCUT2D eigenvalue weighted by Crippen LogP contribution is -2.38. The highest BCUT2D eigenvalue weighted by molar-refractivity contribution is 5.75. The van der Waals surface area contributed by atoms with Crippen LogP contribution < -0.4 is 5.32 Å². The van der Waals surface area contributed by atoms with Crippen molar-refractivity contribution in [3.05, 3.63) is 48.3 Å². The molecule has 5 rings (SSSR count). The molecule has 3 aromatic rings. The molecular formula is C21H25N5O2. The van der Waals surface area contributed by atoms with Gasteiger partial charge in [-0.3, -0.25) is 0 Å². The van der Waals surface area contributed by atoms with Crippen molar-refractivity contribution in [2.24, 2.45) is 0 Å². The molecule has 1 aliphatic carbocycles. The number of furan rings is 1. The number of hydrogen-bond acceptors (Lipinski definition) is 4. The van der Waals surface area contributed by atoms with Gasteiger partial charge in [-0.1, -0.05) is 12.8 Å². The monoisotopic (exact) mass is 379 g/mol. The number of likely N-dealkylation sites (tertiary alicyclic amines) is 1. The van der Waals surface area contributed by atoms with Gasteiger partial charge in [0.25, 0.3) is 0 Å². The molecule has 0 spiro atoms. The molecule has 1 N–H and O–H groups in total. The maximum absolute atomic E-state index is 12.6. The van der Waals surface area contributed by atoms with Gasteiger partial charge in [0.05, 0.1) is 18.8 Å². The third-order valence-electron chi connectivity index (χ3n) is 6.01. The number of amides is 2. The molecule has 7 nitrogen and oxygen atoms in total. The van der Waals surface area contributed by atoms with Crippen LogP contribution in [0.5, 0.6) is 0 Å². The van der Waals surface area contributed by atoms with Gasteiger partial charge in [-0.2, -0.15) is 0 Å². The fourth-order valence-corrected chi connectivity index (χ4v) is 4.60. The lowest BCUT2D eigenvalue weighted by Gasteiger charge is -2.20. The normalized spacial score (nSPS) is 20.3. The second-order valence-electron chi connectivity index (χ2n) is 7.79. The fourth-order valence-electron chi connectivity index (χ4n) is 4.60. The number of imidazole rings is 1. The van der Waals surface area contributed by atoms with E-state index in [1.54, 1.807) is 6.26 Å². The van der Waals surface area contributed by atoms with Crippen molar-refractivity contribution < 1.29 is 9.21 Å². The van der Waals surface area contributed by atoms with Crippen molar-refractivity contribution in [2.45, 2.75) is 50.6 Å². The van der Waals surface area contributed by atoms with Crippen LogP contribution in [0.25, 0.3) is 11.2 Å². The van der Waals surface area contributed by atoms with E-state index in [0.29, 0.717) is 19.0 Å². The summed E-state index contributed by atoms with van der Waals surface area (Å²) in [5.41, 5.74) is 1.91. The Bertz CT molecular complexity index is 959. The maximum atomic E-state index is 12.6. The zero-order valence-corrected chi connectivity index (χ0v) is 15.9. The first kappa shape index (κ1) is 17.3. The van der Waals surface area contributed by atoms with Gasteiger partial charge >= 0.3 is 6.03 Å². The first-order valence-corrected chi connectivity index (χ1v) is 10.2. The molecule has 1 unspecified atom stereocenters. The fraction of sp³-hybridized carbons (Fsp3) is 0.476. The minimum absolute atomic E-state index is 0.0429. The number of nitrogens with zero attached hydrogens (tertiary/aromatic N) is 4. The predicted octanol–water partition coefficient (Wildman–Crippen LogP) is 3.84. The van der Waals surface area contributed by atoms with Crippen molar-refractivity contribution in [1.82, 2.24) is 24.8 Å². The van der Waals surface area contributed by atoms with Gasteiger partial charge in [0, 0.05) is 25.2 Å². The highest BCUT2D eigenvalue weighted by Crippen LogP contribution is 2.37. The first-order valence-electron chi connectivity index (χ1n) is 10.2. The van der Waals surface area contributed by atoms with E-state index in [4.69, 9.17) is 9.40 Å². The number of nitrogens with one attached hydrogen (secondary N) is 1. The number of carbonyl (C=O) groups is 1. The van der Waals surface area contributed by atoms with Crippen LogP contribution >= 0.6 is 0 Å². The Kier molecular flexibility index (Phi) is 4.50. The van der Waals surface area contributed by atoms with Crippen molar-refractivity contribution in [3.63, 3.8) is 0 Å². The number of pyridine rings is 1. The molecule has 146 valence electrons. The third-order valence-corrected chi connectivity index (χ3v) is 6.01. The summed E-state index contributed by atoms with van der Waals surface area (Å²) < 4.78 is 7.62. The van der Waals surface area contributed by atoms with E-state index in [0.717, 1.165) is 35.7 Å². The topological polar surface area (TPSA) is 76.2 Å². The number of rotatable bonds is 4. The van der Waals surface area contributed by atoms with Crippen molar-refractivity contribution >= 4 is 17.2 Å². The Morgan fingerprint density at radius 1 is 1.21 bits per heavy atom. The van der Waals surface area contributed by atoms with Gasteiger partial charge in [0.1, 0.15) is 17.1 Å². The van der Waals surface area contributed by atoms with Crippen LogP contribution in [0.15, 0.2) is 41.1 Å². The van der Waals surface area contributed by atoms with E-state index in [1.165, 1.54) is 25.7 Å². The van der Waals surface area contributed by atoms with Gasteiger partial charge in [-0.25, -0.2) is 14.8 Å². The molecule has 1 saturated carbocycles. The Morgan fingerprint density at radius 3 is 2.93 bits per heavy atom. The molecule has 0 aromatic carbocycles. The van der Waals surface area contributed by atoms with Crippen molar-refractivity contribution in [2.75, 3.05) is 13.1 Å². The molecule has 28 heavy (non-hydrogen) atoms. The largest absolute Gasteiger partial charge is 0.467 e. The molecule has 3 aromatic heterocycles. The van der Waals surface area contributed by atoms with E-state index < -0.39 is 0 Å². The second kappa shape index (κ2) is 7.30. The summed E-state index contributed by atoms with van der Waals surface area (Å²) >= 11 is 0. The summed E-state index contributed by atoms with van der Waals surface area (Å²) in [5.74, 6) is 2.43. The van der Waals surface area contributed by atoms with Crippen LogP contribution in [0.3, 0.4) is 0 Å². The smallest absolute Gasteiger partial charge is 0.317 e. The van der Waals surface area contributed by atoms with E-state index in [-0.39, 0.29) is 12.1 Å². The molecule has 1 atom stereocenters. The van der Waals surface area contributed by atoms with Gasteiger partial charge < -0.3 is 19.2 Å². The lowest BCUT2D eigenvalue weighted by molar-refractivity contribution is 0.205. The molecule has 0 bridgehead atoms. The molecule has 2 aliphatic rings. The van der Waals surface area contributed by atoms with E-state index >= 15 is 0 Å². The molecular weight excluding hydrogens is 354 g/mol. The van der Waals surface area contributed by atoms with Gasteiger partial charge in [0.2, 0.25) is 0 Å². The SMILES string of the molecule is O=C(NCc1ccco1)N1CCC(n2c(C3CCCC3)nc3cccnc32)C1. The number of carbonyl (C=O) groups excluding carboxylic acids is 1. The van der Waals surface area contributed by atoms with Crippen LogP contribution in [0.2, 0.25) is 0 Å². The van der Waals surface area contributed by atoms with E-state index in [1.807, 2.05) is 35.4 Å². The van der Waals surface area contributed by atoms with Crippen LogP contribution in [-0.4, -0.2) is 38.6 Å². The summed E-state index contributed by atoms with van der Waals surface area (Å²) in [6.07, 6.45) is 9.32. The molecule has 0 radical (unpaired) electrons. The number of fused-ring (bicyclic) bond motifs is 1. The third kappa shape index (κ3) is 3.15. The molecule has 1 saturated heterocycles. The van der Waals surface area contributed by atoms with Crippen LogP contribution in [0, 0.1) is 0 Å². The Morgan fingerprint density at radius 2 is 2.11 bits per heavy atom. The second-order valence-corrected chi connectivity index (χ2v) is 7.79. The number of urea groups is 1. The Hall–Kier alpha value is -2.83. The number of aromatic nitrogens is 3. The summed E-state index contributed by atoms with van der Waals surface area (Å²) in [5, 5.41) is 2.95. The zero-order valence-electron chi connectivity index (χ0n) is 15.9. The molecule has 2 fully saturated rings. The van der Waals surface area contributed by atoms with Crippen molar-refractivity contribution in [3.8, 4) is 0 Å². The lowest BCUT2D eigenvalue weighted by atomic mass is 10.1. The average molecular weight is 379 g/mol. The highest BCUT2D eigenvalue weighted by atomic mass is 16.3. The van der Waals surface area contributed by atoms with E-state index in [2.05, 4.69) is 14.9 Å². The minimum atomic E-state index is -0.0429. The average Bonchev–Trinajstić information content (AvgIpc) is 3.51. The van der Waals surface area contributed by atoms with Gasteiger partial charge in [-0.05, 0) is 43.5 Å². The standard InChI is InChI=1S/C21H25N5O2/c27-21(23-13-17-7-4-12-28-17)25-11-9-16(14-25)26-19(15-5-1-2-6-15)24-18-8-3-10-22-20(18)26/h3-4,7-8,10,12,15-16H,1-2,5-6,9,11,13-14H2,(H,23,27). The molecule has 4 heterocycles. The zero-order chi connectivity index (χ0) is 18.9. The molecule has 2 amide bonds. The summed E-state index contributed by atoms with van der Waals surface area (Å²) in [6.45, 7) is 1.84. The van der Waals surface area contributed by atoms with Gasteiger partial charge in [-0.15, -0.1) is 0 Å². The molecule has 7 heteroatoms. The first-order chi connectivity index (χ1) is 13.8. The summed E-state index contributed by atoms with van der Waals surface area (Å²) in [4.78, 5) is 24.1. The van der Waals surface area contributed by atoms with Gasteiger partial charge in [0.15, 0.2) is 5.65 Å². The predicted molar refractivity (Wildman–Crippen MR) is 105 cm³/mol. The maximum Gasteiger partial charge on any atom is 0.317 e. The Balaban J connectivity index is 1.35. The Labute approximate surface area is 163 Å². The van der Waals surface area contributed by atoms with Crippen LogP contribution in [-0.2, 0) is 6.54 Å². The van der Waals surface area contributed by atoms with Crippen LogP contribution in [0.1, 0.15) is 55.6 Å². The van der Waals surface area contributed by atoms with Crippen LogP contribution in [0.4, 0.5) is 4.79 Å². The number of hydrogen-bond donors (Lipinski definition) is 1. The summed E-state index contributed by atoms with van der Waals surface area (Å²) in [6, 6.07) is 7.86. The minimum Gasteiger partial charge on any atom is -0.467 e. The van der Waals surface area contributed by atoms with E-state index in [9.17, 15) is 4.79 Å². The highest BCUT2D eigenvalue weighted by Gasteiger charge is 2.33. The van der Waals surface area contributed by atoms with Crippen molar-refractivity contribution in [1.29, 1.82) is 0 Å². The molecule has 1 aliphatic heterocycles.